The summed E-state index contributed by atoms with van der Waals surface area (Å²) in [5.74, 6) is 0.182. The van der Waals surface area contributed by atoms with Gasteiger partial charge in [-0.2, -0.15) is 0 Å². The number of hydrogen-bond acceptors (Lipinski definition) is 3. The number of rotatable bonds is 2. The van der Waals surface area contributed by atoms with Crippen molar-refractivity contribution in [1.29, 1.82) is 0 Å². The van der Waals surface area contributed by atoms with Crippen LogP contribution in [0.5, 0.6) is 0 Å². The zero-order chi connectivity index (χ0) is 15.8. The molecule has 0 radical (unpaired) electrons. The molecule has 1 atom stereocenters. The third-order valence-electron chi connectivity index (χ3n) is 4.93. The van der Waals surface area contributed by atoms with Crippen molar-refractivity contribution >= 4 is 5.91 Å². The second-order valence-corrected chi connectivity index (χ2v) is 6.20. The monoisotopic (exact) mass is 314 g/mol. The van der Waals surface area contributed by atoms with E-state index in [0.29, 0.717) is 18.8 Å². The number of hydrogen-bond donors (Lipinski definition) is 0. The summed E-state index contributed by atoms with van der Waals surface area (Å²) in [6.07, 6.45) is 3.56. The minimum absolute atomic E-state index is 0.0486. The fourth-order valence-corrected chi connectivity index (χ4v) is 3.72. The van der Waals surface area contributed by atoms with Crippen molar-refractivity contribution in [1.82, 2.24) is 9.80 Å². The molecule has 1 amide bonds. The first kappa shape index (κ1) is 14.5. The molecule has 1 aromatic carbocycles. The van der Waals surface area contributed by atoms with Crippen LogP contribution in [0.4, 0.5) is 4.39 Å². The van der Waals surface area contributed by atoms with E-state index in [9.17, 15) is 9.18 Å². The van der Waals surface area contributed by atoms with E-state index in [4.69, 9.17) is 4.42 Å². The van der Waals surface area contributed by atoms with E-state index >= 15 is 0 Å². The number of amides is 1. The summed E-state index contributed by atoms with van der Waals surface area (Å²) < 4.78 is 18.7. The highest BCUT2D eigenvalue weighted by atomic mass is 19.1. The SMILES string of the molecule is O=C(c1ccco1)N1CCN(C2CCc3ccc(F)cc32)CC1. The van der Waals surface area contributed by atoms with Crippen LogP contribution in [-0.2, 0) is 6.42 Å². The maximum absolute atomic E-state index is 13.5. The van der Waals surface area contributed by atoms with Crippen LogP contribution in [0.25, 0.3) is 0 Å². The Morgan fingerprint density at radius 3 is 2.74 bits per heavy atom. The van der Waals surface area contributed by atoms with Crippen molar-refractivity contribution in [2.75, 3.05) is 26.2 Å². The van der Waals surface area contributed by atoms with Crippen molar-refractivity contribution in [2.24, 2.45) is 0 Å². The molecule has 2 heterocycles. The Labute approximate surface area is 134 Å². The quantitative estimate of drug-likeness (QED) is 0.855. The van der Waals surface area contributed by atoms with Crippen LogP contribution >= 0.6 is 0 Å². The molecule has 1 unspecified atom stereocenters. The molecule has 4 nitrogen and oxygen atoms in total. The summed E-state index contributed by atoms with van der Waals surface area (Å²) >= 11 is 0. The molecule has 1 aliphatic carbocycles. The minimum Gasteiger partial charge on any atom is -0.459 e. The summed E-state index contributed by atoms with van der Waals surface area (Å²) in [7, 11) is 0. The molecule has 1 fully saturated rings. The molecule has 5 heteroatoms. The lowest BCUT2D eigenvalue weighted by molar-refractivity contribution is 0.0539. The molecule has 4 rings (SSSR count). The van der Waals surface area contributed by atoms with Crippen LogP contribution in [0.3, 0.4) is 0 Å². The predicted octanol–water partition coefficient (Wildman–Crippen LogP) is 2.86. The number of benzene rings is 1. The molecule has 1 aliphatic heterocycles. The second-order valence-electron chi connectivity index (χ2n) is 6.20. The van der Waals surface area contributed by atoms with Gasteiger partial charge in [0, 0.05) is 32.2 Å². The van der Waals surface area contributed by atoms with E-state index in [0.717, 1.165) is 31.5 Å². The summed E-state index contributed by atoms with van der Waals surface area (Å²) in [6, 6.07) is 8.83. The van der Waals surface area contributed by atoms with Crippen molar-refractivity contribution in [3.63, 3.8) is 0 Å². The molecule has 0 spiro atoms. The zero-order valence-electron chi connectivity index (χ0n) is 12.9. The van der Waals surface area contributed by atoms with Gasteiger partial charge in [0.05, 0.1) is 6.26 Å². The van der Waals surface area contributed by atoms with Gasteiger partial charge >= 0.3 is 0 Å². The standard InChI is InChI=1S/C18H19FN2O2/c19-14-5-3-13-4-6-16(15(13)12-14)20-7-9-21(10-8-20)18(22)17-2-1-11-23-17/h1-3,5,11-12,16H,4,6-10H2. The third-order valence-corrected chi connectivity index (χ3v) is 4.93. The van der Waals surface area contributed by atoms with Gasteiger partial charge in [0.15, 0.2) is 5.76 Å². The molecule has 2 aromatic rings. The molecular formula is C18H19FN2O2. The van der Waals surface area contributed by atoms with Gasteiger partial charge in [0.2, 0.25) is 0 Å². The largest absolute Gasteiger partial charge is 0.459 e. The lowest BCUT2D eigenvalue weighted by Gasteiger charge is -2.38. The van der Waals surface area contributed by atoms with E-state index in [1.54, 1.807) is 24.3 Å². The maximum Gasteiger partial charge on any atom is 0.289 e. The number of halogens is 1. The van der Waals surface area contributed by atoms with Gasteiger partial charge in [-0.15, -0.1) is 0 Å². The zero-order valence-corrected chi connectivity index (χ0v) is 12.9. The maximum atomic E-state index is 13.5. The fourth-order valence-electron chi connectivity index (χ4n) is 3.72. The summed E-state index contributed by atoms with van der Waals surface area (Å²) in [4.78, 5) is 16.5. The van der Waals surface area contributed by atoms with Gasteiger partial charge in [-0.1, -0.05) is 6.07 Å². The van der Waals surface area contributed by atoms with Gasteiger partial charge in [-0.05, 0) is 48.2 Å². The predicted molar refractivity (Wildman–Crippen MR) is 83.6 cm³/mol. The minimum atomic E-state index is -0.165. The van der Waals surface area contributed by atoms with Crippen molar-refractivity contribution in [3.05, 3.63) is 59.3 Å². The first-order chi connectivity index (χ1) is 11.2. The Hall–Kier alpha value is -2.14. The van der Waals surface area contributed by atoms with Crippen LogP contribution < -0.4 is 0 Å². The Morgan fingerprint density at radius 2 is 2.00 bits per heavy atom. The molecule has 120 valence electrons. The highest BCUT2D eigenvalue weighted by Crippen LogP contribution is 2.36. The highest BCUT2D eigenvalue weighted by molar-refractivity contribution is 5.91. The van der Waals surface area contributed by atoms with Gasteiger partial charge in [-0.3, -0.25) is 9.69 Å². The average Bonchev–Trinajstić information content (AvgIpc) is 3.24. The van der Waals surface area contributed by atoms with E-state index in [-0.39, 0.29) is 17.8 Å². The third kappa shape index (κ3) is 2.65. The molecule has 0 N–H and O–H groups in total. The summed E-state index contributed by atoms with van der Waals surface area (Å²) in [5, 5.41) is 0. The number of piperazine rings is 1. The van der Waals surface area contributed by atoms with Crippen LogP contribution in [0.1, 0.15) is 34.1 Å². The first-order valence-electron chi connectivity index (χ1n) is 8.07. The number of furan rings is 1. The number of fused-ring (bicyclic) bond motifs is 1. The van der Waals surface area contributed by atoms with E-state index in [1.165, 1.54) is 11.8 Å². The lowest BCUT2D eigenvalue weighted by atomic mass is 10.1. The smallest absolute Gasteiger partial charge is 0.289 e. The van der Waals surface area contributed by atoms with Crippen LogP contribution in [-0.4, -0.2) is 41.9 Å². The van der Waals surface area contributed by atoms with Gasteiger partial charge < -0.3 is 9.32 Å². The molecule has 0 bridgehead atoms. The molecule has 23 heavy (non-hydrogen) atoms. The Morgan fingerprint density at radius 1 is 1.17 bits per heavy atom. The summed E-state index contributed by atoms with van der Waals surface area (Å²) in [6.45, 7) is 2.99. The van der Waals surface area contributed by atoms with Crippen molar-refractivity contribution in [3.8, 4) is 0 Å². The van der Waals surface area contributed by atoms with Gasteiger partial charge in [-0.25, -0.2) is 4.39 Å². The Balaban J connectivity index is 1.43. The number of carbonyl (C=O) groups excluding carboxylic acids is 1. The van der Waals surface area contributed by atoms with Crippen LogP contribution in [0.15, 0.2) is 41.0 Å². The highest BCUT2D eigenvalue weighted by Gasteiger charge is 2.32. The van der Waals surface area contributed by atoms with Crippen LogP contribution in [0, 0.1) is 5.82 Å². The number of aryl methyl sites for hydroxylation is 1. The van der Waals surface area contributed by atoms with Gasteiger partial charge in [0.1, 0.15) is 5.82 Å². The average molecular weight is 314 g/mol. The van der Waals surface area contributed by atoms with E-state index in [2.05, 4.69) is 4.90 Å². The molecule has 2 aliphatic rings. The normalized spacial score (nSPS) is 21.4. The van der Waals surface area contributed by atoms with Crippen molar-refractivity contribution in [2.45, 2.75) is 18.9 Å². The second kappa shape index (κ2) is 5.81. The molecule has 0 saturated carbocycles. The first-order valence-corrected chi connectivity index (χ1v) is 8.07. The topological polar surface area (TPSA) is 36.7 Å². The Bertz CT molecular complexity index is 706. The Kier molecular flexibility index (Phi) is 3.65. The molecular weight excluding hydrogens is 295 g/mol. The molecule has 1 saturated heterocycles. The molecule has 1 aromatic heterocycles. The fraction of sp³-hybridized carbons (Fsp3) is 0.389. The summed E-state index contributed by atoms with van der Waals surface area (Å²) in [5.41, 5.74) is 2.38. The van der Waals surface area contributed by atoms with Gasteiger partial charge in [0.25, 0.3) is 5.91 Å². The van der Waals surface area contributed by atoms with E-state index < -0.39 is 0 Å². The lowest BCUT2D eigenvalue weighted by Crippen LogP contribution is -2.49. The van der Waals surface area contributed by atoms with Crippen LogP contribution in [0.2, 0.25) is 0 Å². The number of nitrogens with zero attached hydrogens (tertiary/aromatic N) is 2. The number of carbonyl (C=O) groups is 1. The van der Waals surface area contributed by atoms with E-state index in [1.807, 2.05) is 11.0 Å². The van der Waals surface area contributed by atoms with Crippen molar-refractivity contribution < 1.29 is 13.6 Å².